The molecule has 0 saturated heterocycles. The van der Waals surface area contributed by atoms with Crippen LogP contribution in [0.3, 0.4) is 0 Å². The van der Waals surface area contributed by atoms with Gasteiger partial charge in [0.2, 0.25) is 5.88 Å². The second-order valence-corrected chi connectivity index (χ2v) is 4.69. The number of rotatable bonds is 9. The lowest BCUT2D eigenvalue weighted by molar-refractivity contribution is 0.302. The highest BCUT2D eigenvalue weighted by Crippen LogP contribution is 2.12. The average Bonchev–Trinajstić information content (AvgIpc) is 2.55. The van der Waals surface area contributed by atoms with Crippen LogP contribution < -0.4 is 14.8 Å². The molecule has 22 heavy (non-hydrogen) atoms. The third kappa shape index (κ3) is 6.78. The quantitative estimate of drug-likeness (QED) is 0.718. The summed E-state index contributed by atoms with van der Waals surface area (Å²) in [7, 11) is 0. The summed E-state index contributed by atoms with van der Waals surface area (Å²) in [4.78, 5) is 4.10. The molecule has 0 amide bonds. The van der Waals surface area contributed by atoms with Gasteiger partial charge in [0.15, 0.2) is 0 Å². The Balaban J connectivity index is 0.00000242. The summed E-state index contributed by atoms with van der Waals surface area (Å²) in [5.74, 6) is 1.59. The summed E-state index contributed by atoms with van der Waals surface area (Å²) < 4.78 is 11.1. The van der Waals surface area contributed by atoms with Gasteiger partial charge in [-0.15, -0.1) is 12.4 Å². The molecule has 0 aliphatic carbocycles. The molecule has 0 saturated carbocycles. The van der Waals surface area contributed by atoms with Crippen molar-refractivity contribution >= 4 is 12.4 Å². The third-order valence-electron chi connectivity index (χ3n) is 2.89. The largest absolute Gasteiger partial charge is 0.494 e. The standard InChI is InChI=1S/C17H22N2O2.ClH/c1-2-12-20-16-8-6-15(7-9-16)14-18-11-13-21-17-5-3-4-10-19-17;/h3-10,18H,2,11-14H2,1H3;1H. The van der Waals surface area contributed by atoms with Gasteiger partial charge in [0, 0.05) is 25.4 Å². The average molecular weight is 323 g/mol. The van der Waals surface area contributed by atoms with Gasteiger partial charge in [0.1, 0.15) is 12.4 Å². The van der Waals surface area contributed by atoms with Crippen LogP contribution in [0.5, 0.6) is 11.6 Å². The fourth-order valence-corrected chi connectivity index (χ4v) is 1.82. The number of pyridine rings is 1. The number of benzene rings is 1. The van der Waals surface area contributed by atoms with Crippen molar-refractivity contribution in [1.29, 1.82) is 0 Å². The summed E-state index contributed by atoms with van der Waals surface area (Å²) in [6.07, 6.45) is 2.75. The van der Waals surface area contributed by atoms with Gasteiger partial charge in [-0.2, -0.15) is 0 Å². The van der Waals surface area contributed by atoms with E-state index in [-0.39, 0.29) is 12.4 Å². The molecule has 0 unspecified atom stereocenters. The van der Waals surface area contributed by atoms with E-state index >= 15 is 0 Å². The second kappa shape index (κ2) is 10.9. The Morgan fingerprint density at radius 1 is 1.00 bits per heavy atom. The molecule has 1 heterocycles. The Morgan fingerprint density at radius 2 is 1.82 bits per heavy atom. The molecule has 5 heteroatoms. The van der Waals surface area contributed by atoms with Gasteiger partial charge >= 0.3 is 0 Å². The monoisotopic (exact) mass is 322 g/mol. The molecule has 0 spiro atoms. The molecule has 1 aromatic heterocycles. The van der Waals surface area contributed by atoms with Crippen LogP contribution >= 0.6 is 12.4 Å². The van der Waals surface area contributed by atoms with Gasteiger partial charge in [-0.25, -0.2) is 4.98 Å². The maximum Gasteiger partial charge on any atom is 0.213 e. The molecule has 120 valence electrons. The number of ether oxygens (including phenoxy) is 2. The smallest absolute Gasteiger partial charge is 0.213 e. The van der Waals surface area contributed by atoms with Crippen LogP contribution in [0.2, 0.25) is 0 Å². The van der Waals surface area contributed by atoms with Crippen LogP contribution in [0.1, 0.15) is 18.9 Å². The van der Waals surface area contributed by atoms with Crippen LogP contribution in [-0.4, -0.2) is 24.7 Å². The van der Waals surface area contributed by atoms with E-state index in [4.69, 9.17) is 9.47 Å². The Bertz CT molecular complexity index is 506. The Labute approximate surface area is 138 Å². The number of hydrogen-bond acceptors (Lipinski definition) is 4. The number of halogens is 1. The van der Waals surface area contributed by atoms with Gasteiger partial charge in [0.25, 0.3) is 0 Å². The first-order valence-corrected chi connectivity index (χ1v) is 7.35. The topological polar surface area (TPSA) is 43.4 Å². The summed E-state index contributed by atoms with van der Waals surface area (Å²) >= 11 is 0. The highest BCUT2D eigenvalue weighted by atomic mass is 35.5. The highest BCUT2D eigenvalue weighted by molar-refractivity contribution is 5.85. The number of nitrogens with one attached hydrogen (secondary N) is 1. The summed E-state index contributed by atoms with van der Waals surface area (Å²) in [5, 5.41) is 3.34. The fraction of sp³-hybridized carbons (Fsp3) is 0.353. The van der Waals surface area contributed by atoms with E-state index in [2.05, 4.69) is 29.4 Å². The summed E-state index contributed by atoms with van der Waals surface area (Å²) in [5.41, 5.74) is 1.23. The van der Waals surface area contributed by atoms with E-state index in [0.717, 1.165) is 31.9 Å². The molecule has 0 aliphatic heterocycles. The zero-order valence-corrected chi connectivity index (χ0v) is 13.6. The zero-order valence-electron chi connectivity index (χ0n) is 12.8. The highest BCUT2D eigenvalue weighted by Gasteiger charge is 1.96. The molecule has 0 radical (unpaired) electrons. The molecular weight excluding hydrogens is 300 g/mol. The first-order chi connectivity index (χ1) is 10.4. The maximum absolute atomic E-state index is 5.55. The lowest BCUT2D eigenvalue weighted by atomic mass is 10.2. The molecule has 1 N–H and O–H groups in total. The first-order valence-electron chi connectivity index (χ1n) is 7.35. The second-order valence-electron chi connectivity index (χ2n) is 4.69. The Kier molecular flexibility index (Phi) is 9.03. The van der Waals surface area contributed by atoms with E-state index < -0.39 is 0 Å². The molecule has 0 fully saturated rings. The molecule has 2 rings (SSSR count). The van der Waals surface area contributed by atoms with Crippen molar-refractivity contribution in [1.82, 2.24) is 10.3 Å². The molecule has 0 aliphatic rings. The van der Waals surface area contributed by atoms with Crippen LogP contribution in [0.15, 0.2) is 48.7 Å². The van der Waals surface area contributed by atoms with Crippen molar-refractivity contribution in [2.45, 2.75) is 19.9 Å². The van der Waals surface area contributed by atoms with Gasteiger partial charge in [-0.1, -0.05) is 25.1 Å². The number of nitrogens with zero attached hydrogens (tertiary/aromatic N) is 1. The molecule has 2 aromatic rings. The van der Waals surface area contributed by atoms with Gasteiger partial charge in [-0.3, -0.25) is 0 Å². The Hall–Kier alpha value is -1.78. The van der Waals surface area contributed by atoms with Gasteiger partial charge in [0.05, 0.1) is 6.61 Å². The molecule has 0 atom stereocenters. The summed E-state index contributed by atoms with van der Waals surface area (Å²) in [6, 6.07) is 13.8. The third-order valence-corrected chi connectivity index (χ3v) is 2.89. The van der Waals surface area contributed by atoms with E-state index in [1.165, 1.54) is 5.56 Å². The number of hydrogen-bond donors (Lipinski definition) is 1. The predicted octanol–water partition coefficient (Wildman–Crippen LogP) is 3.46. The molecule has 4 nitrogen and oxygen atoms in total. The van der Waals surface area contributed by atoms with Crippen molar-refractivity contribution in [2.24, 2.45) is 0 Å². The van der Waals surface area contributed by atoms with E-state index in [1.54, 1.807) is 6.20 Å². The minimum Gasteiger partial charge on any atom is -0.494 e. The fourth-order valence-electron chi connectivity index (χ4n) is 1.82. The van der Waals surface area contributed by atoms with Crippen molar-refractivity contribution in [3.8, 4) is 11.6 Å². The minimum atomic E-state index is 0. The lowest BCUT2D eigenvalue weighted by Gasteiger charge is -2.08. The van der Waals surface area contributed by atoms with Crippen molar-refractivity contribution in [2.75, 3.05) is 19.8 Å². The normalized spacial score (nSPS) is 9.86. The zero-order chi connectivity index (χ0) is 14.8. The molecular formula is C17H23ClN2O2. The predicted molar refractivity (Wildman–Crippen MR) is 90.9 cm³/mol. The van der Waals surface area contributed by atoms with E-state index in [1.807, 2.05) is 30.3 Å². The van der Waals surface area contributed by atoms with Crippen LogP contribution in [0.25, 0.3) is 0 Å². The van der Waals surface area contributed by atoms with Gasteiger partial charge < -0.3 is 14.8 Å². The minimum absolute atomic E-state index is 0. The van der Waals surface area contributed by atoms with Crippen molar-refractivity contribution in [3.63, 3.8) is 0 Å². The maximum atomic E-state index is 5.55. The van der Waals surface area contributed by atoms with Crippen LogP contribution in [0.4, 0.5) is 0 Å². The van der Waals surface area contributed by atoms with E-state index in [9.17, 15) is 0 Å². The Morgan fingerprint density at radius 3 is 2.50 bits per heavy atom. The van der Waals surface area contributed by atoms with Crippen molar-refractivity contribution in [3.05, 3.63) is 54.2 Å². The number of aromatic nitrogens is 1. The molecule has 1 aromatic carbocycles. The van der Waals surface area contributed by atoms with Crippen LogP contribution in [0, 0.1) is 0 Å². The molecule has 0 bridgehead atoms. The van der Waals surface area contributed by atoms with Crippen molar-refractivity contribution < 1.29 is 9.47 Å². The first kappa shape index (κ1) is 18.3. The van der Waals surface area contributed by atoms with Gasteiger partial charge in [-0.05, 0) is 30.2 Å². The summed E-state index contributed by atoms with van der Waals surface area (Å²) in [6.45, 7) is 5.08. The van der Waals surface area contributed by atoms with Crippen LogP contribution in [-0.2, 0) is 6.54 Å². The SMILES string of the molecule is CCCOc1ccc(CNCCOc2ccccn2)cc1.Cl. The van der Waals surface area contributed by atoms with E-state index in [0.29, 0.717) is 12.5 Å². The lowest BCUT2D eigenvalue weighted by Crippen LogP contribution is -2.20.